The Balaban J connectivity index is 1.30. The van der Waals surface area contributed by atoms with Gasteiger partial charge in [0.1, 0.15) is 0 Å². The van der Waals surface area contributed by atoms with E-state index in [1.54, 1.807) is 0 Å². The number of benzene rings is 7. The van der Waals surface area contributed by atoms with Crippen molar-refractivity contribution in [2.24, 2.45) is 0 Å². The Labute approximate surface area is 274 Å². The fourth-order valence-corrected chi connectivity index (χ4v) is 7.86. The predicted molar refractivity (Wildman–Crippen MR) is 197 cm³/mol. The largest absolute Gasteiger partial charge is 0.305 e. The summed E-state index contributed by atoms with van der Waals surface area (Å²) in [6, 6.07) is 53.4. The molecule has 11 rings (SSSR count). The number of aromatic nitrogens is 5. The monoisotopic (exact) mass is 611 g/mol. The van der Waals surface area contributed by atoms with Crippen LogP contribution in [0, 0.1) is 0 Å². The van der Waals surface area contributed by atoms with Gasteiger partial charge in [0.15, 0.2) is 17.5 Å². The first-order chi connectivity index (χ1) is 23.8. The molecule has 0 amide bonds. The number of nitrogens with zero attached hydrogens (tertiary/aromatic N) is 5. The minimum absolute atomic E-state index is 0.653. The van der Waals surface area contributed by atoms with E-state index in [0.717, 1.165) is 22.2 Å². The van der Waals surface area contributed by atoms with Crippen LogP contribution in [0.15, 0.2) is 152 Å². The summed E-state index contributed by atoms with van der Waals surface area (Å²) in [4.78, 5) is 15.1. The normalized spacial score (nSPS) is 12.2. The van der Waals surface area contributed by atoms with Gasteiger partial charge >= 0.3 is 0 Å². The van der Waals surface area contributed by atoms with E-state index in [4.69, 9.17) is 15.0 Å². The first kappa shape index (κ1) is 25.6. The zero-order chi connectivity index (χ0) is 31.3. The molecule has 5 heteroatoms. The Morgan fingerprint density at radius 3 is 1.29 bits per heavy atom. The molecule has 0 atom stereocenters. The van der Waals surface area contributed by atoms with Crippen LogP contribution < -0.4 is 0 Å². The van der Waals surface area contributed by atoms with Crippen molar-refractivity contribution in [2.75, 3.05) is 0 Å². The smallest absolute Gasteiger partial charge is 0.164 e. The lowest BCUT2D eigenvalue weighted by Gasteiger charge is -2.12. The molecule has 0 aliphatic carbocycles. The van der Waals surface area contributed by atoms with Crippen LogP contribution in [0.4, 0.5) is 0 Å². The third-order valence-electron chi connectivity index (χ3n) is 9.85. The average molecular weight is 612 g/mol. The summed E-state index contributed by atoms with van der Waals surface area (Å²) < 4.78 is 4.94. The van der Waals surface area contributed by atoms with Gasteiger partial charge in [0.05, 0.1) is 33.1 Å². The second kappa shape index (κ2) is 9.47. The molecule has 0 radical (unpaired) electrons. The highest BCUT2D eigenvalue weighted by atomic mass is 15.0. The topological polar surface area (TPSA) is 47.5 Å². The molecule has 11 aromatic rings. The fraction of sp³-hybridized carbons (Fsp3) is 0. The van der Waals surface area contributed by atoms with E-state index < -0.39 is 0 Å². The summed E-state index contributed by atoms with van der Waals surface area (Å²) in [6.45, 7) is 0. The van der Waals surface area contributed by atoms with Gasteiger partial charge in [0.2, 0.25) is 0 Å². The van der Waals surface area contributed by atoms with Crippen LogP contribution in [-0.2, 0) is 0 Å². The Bertz CT molecular complexity index is 2950. The van der Waals surface area contributed by atoms with Crippen LogP contribution in [0.25, 0.3) is 99.6 Å². The molecule has 4 heterocycles. The van der Waals surface area contributed by atoms with E-state index in [-0.39, 0.29) is 0 Å². The van der Waals surface area contributed by atoms with Crippen LogP contribution in [0.5, 0.6) is 0 Å². The van der Waals surface area contributed by atoms with Gasteiger partial charge in [-0.2, -0.15) is 0 Å². The number of fused-ring (bicyclic) bond motifs is 12. The quantitative estimate of drug-likeness (QED) is 0.187. The van der Waals surface area contributed by atoms with E-state index in [9.17, 15) is 0 Å². The van der Waals surface area contributed by atoms with Crippen molar-refractivity contribution < 1.29 is 0 Å². The summed E-state index contributed by atoms with van der Waals surface area (Å²) in [7, 11) is 0. The van der Waals surface area contributed by atoms with Crippen molar-refractivity contribution >= 4 is 65.4 Å². The maximum Gasteiger partial charge on any atom is 0.164 e. The number of hydrogen-bond acceptors (Lipinski definition) is 3. The van der Waals surface area contributed by atoms with Gasteiger partial charge in [-0.1, -0.05) is 115 Å². The number of hydrogen-bond donors (Lipinski definition) is 0. The van der Waals surface area contributed by atoms with Crippen LogP contribution in [0.3, 0.4) is 0 Å². The van der Waals surface area contributed by atoms with Crippen molar-refractivity contribution in [3.63, 3.8) is 0 Å². The lowest BCUT2D eigenvalue weighted by molar-refractivity contribution is 1.07. The number of rotatable bonds is 3. The second-order valence-corrected chi connectivity index (χ2v) is 12.4. The SMILES string of the molecule is c1ccc(-c2nc(-c3ccccc3)nc(-c3ccc4c(c3)c3c5ccccc5c5c6ccccc6n6c7ccccc7n4c3c56)n2)cc1. The Hall–Kier alpha value is -6.59. The van der Waals surface area contributed by atoms with Gasteiger partial charge in [0, 0.05) is 38.2 Å². The average Bonchev–Trinajstić information content (AvgIpc) is 3.69. The summed E-state index contributed by atoms with van der Waals surface area (Å²) in [5.74, 6) is 1.97. The molecule has 4 aromatic heterocycles. The minimum Gasteiger partial charge on any atom is -0.305 e. The molecule has 0 spiro atoms. The van der Waals surface area contributed by atoms with Crippen LogP contribution in [-0.4, -0.2) is 23.8 Å². The lowest BCUT2D eigenvalue weighted by Crippen LogP contribution is -2.00. The zero-order valence-corrected chi connectivity index (χ0v) is 25.7. The third-order valence-corrected chi connectivity index (χ3v) is 9.85. The molecule has 0 saturated carbocycles. The van der Waals surface area contributed by atoms with E-state index in [1.807, 2.05) is 60.7 Å². The van der Waals surface area contributed by atoms with Crippen molar-refractivity contribution in [1.82, 2.24) is 23.8 Å². The van der Waals surface area contributed by atoms with Crippen LogP contribution in [0.2, 0.25) is 0 Å². The maximum atomic E-state index is 5.07. The molecule has 0 saturated heterocycles. The molecule has 0 aliphatic heterocycles. The summed E-state index contributed by atoms with van der Waals surface area (Å²) >= 11 is 0. The fourth-order valence-electron chi connectivity index (χ4n) is 7.86. The highest BCUT2D eigenvalue weighted by molar-refractivity contribution is 6.37. The van der Waals surface area contributed by atoms with Gasteiger partial charge in [0.25, 0.3) is 0 Å². The maximum absolute atomic E-state index is 5.07. The highest BCUT2D eigenvalue weighted by Crippen LogP contribution is 2.47. The second-order valence-electron chi connectivity index (χ2n) is 12.4. The molecule has 0 N–H and O–H groups in total. The summed E-state index contributed by atoms with van der Waals surface area (Å²) in [5.41, 5.74) is 10.1. The van der Waals surface area contributed by atoms with Crippen LogP contribution >= 0.6 is 0 Å². The zero-order valence-electron chi connectivity index (χ0n) is 25.7. The summed E-state index contributed by atoms with van der Waals surface area (Å²) in [6.07, 6.45) is 0. The van der Waals surface area contributed by atoms with E-state index in [0.29, 0.717) is 17.5 Å². The van der Waals surface area contributed by atoms with Crippen molar-refractivity contribution in [1.29, 1.82) is 0 Å². The first-order valence-corrected chi connectivity index (χ1v) is 16.2. The van der Waals surface area contributed by atoms with E-state index in [2.05, 4.69) is 99.8 Å². The Kier molecular flexibility index (Phi) is 5.05. The molecule has 5 nitrogen and oxygen atoms in total. The molecular weight excluding hydrogens is 587 g/mol. The van der Waals surface area contributed by atoms with Gasteiger partial charge < -0.3 is 8.80 Å². The number of para-hydroxylation sites is 3. The third kappa shape index (κ3) is 3.37. The van der Waals surface area contributed by atoms with E-state index in [1.165, 1.54) is 59.9 Å². The molecule has 0 bridgehead atoms. The van der Waals surface area contributed by atoms with Crippen molar-refractivity contribution in [3.8, 4) is 34.2 Å². The minimum atomic E-state index is 0.653. The van der Waals surface area contributed by atoms with Gasteiger partial charge in [-0.15, -0.1) is 0 Å². The Morgan fingerprint density at radius 2 is 0.729 bits per heavy atom. The lowest BCUT2D eigenvalue weighted by atomic mass is 9.98. The standard InChI is InChI=1S/C43H25N5/c1-3-13-26(14-4-1)41-44-42(27-15-5-2-6-16-27)46-43(45-41)28-23-24-34-32(25-28)38-30-18-8-7-17-29(30)37-31-19-9-10-20-33(31)47-35-21-11-12-22-36(35)48(34)40(38)39(37)47/h1-25H. The molecule has 0 unspecified atom stereocenters. The Morgan fingerprint density at radius 1 is 0.312 bits per heavy atom. The molecular formula is C43H25N5. The van der Waals surface area contributed by atoms with Crippen molar-refractivity contribution in [3.05, 3.63) is 152 Å². The molecule has 48 heavy (non-hydrogen) atoms. The molecule has 0 fully saturated rings. The molecule has 222 valence electrons. The van der Waals surface area contributed by atoms with Gasteiger partial charge in [-0.05, 0) is 47.2 Å². The molecule has 7 aromatic carbocycles. The van der Waals surface area contributed by atoms with E-state index >= 15 is 0 Å². The highest BCUT2D eigenvalue weighted by Gasteiger charge is 2.25. The first-order valence-electron chi connectivity index (χ1n) is 16.2. The van der Waals surface area contributed by atoms with Crippen LogP contribution in [0.1, 0.15) is 0 Å². The van der Waals surface area contributed by atoms with Gasteiger partial charge in [-0.3, -0.25) is 0 Å². The summed E-state index contributed by atoms with van der Waals surface area (Å²) in [5, 5.41) is 7.49. The predicted octanol–water partition coefficient (Wildman–Crippen LogP) is 10.6. The van der Waals surface area contributed by atoms with Crippen molar-refractivity contribution in [2.45, 2.75) is 0 Å². The molecule has 0 aliphatic rings. The van der Waals surface area contributed by atoms with Gasteiger partial charge in [-0.25, -0.2) is 15.0 Å².